The fraction of sp³-hybridized carbons (Fsp3) is 0.200. The monoisotopic (exact) mass is 262 g/mol. The van der Waals surface area contributed by atoms with Gasteiger partial charge in [-0.05, 0) is 23.8 Å². The third-order valence-electron chi connectivity index (χ3n) is 2.96. The van der Waals surface area contributed by atoms with Crippen molar-refractivity contribution in [3.05, 3.63) is 59.7 Å². The summed E-state index contributed by atoms with van der Waals surface area (Å²) >= 11 is 0. The van der Waals surface area contributed by atoms with E-state index in [0.29, 0.717) is 17.9 Å². The summed E-state index contributed by atoms with van der Waals surface area (Å²) in [5, 5.41) is 0. The molecule has 0 amide bonds. The Hall–Kier alpha value is -2.10. The van der Waals surface area contributed by atoms with E-state index < -0.39 is 6.43 Å². The maximum atomic E-state index is 13.0. The molecule has 2 aromatic rings. The van der Waals surface area contributed by atoms with Gasteiger partial charge in [0.25, 0.3) is 6.43 Å². The normalized spacial score (nSPS) is 10.7. The third kappa shape index (κ3) is 3.22. The fourth-order valence-electron chi connectivity index (χ4n) is 2.04. The molecule has 4 heteroatoms. The maximum absolute atomic E-state index is 13.0. The van der Waals surface area contributed by atoms with Crippen molar-refractivity contribution in [3.63, 3.8) is 0 Å². The molecule has 0 aliphatic heterocycles. The molecular formula is C15H16F2N2. The average Bonchev–Trinajstić information content (AvgIpc) is 2.39. The molecule has 2 rings (SSSR count). The summed E-state index contributed by atoms with van der Waals surface area (Å²) in [6, 6.07) is 14.3. The smallest absolute Gasteiger partial charge is 0.265 e. The number of nitrogen functional groups attached to an aromatic ring is 1. The lowest BCUT2D eigenvalue weighted by molar-refractivity contribution is 0.152. The van der Waals surface area contributed by atoms with Crippen LogP contribution in [0.25, 0.3) is 0 Å². The average molecular weight is 262 g/mol. The Morgan fingerprint density at radius 2 is 1.79 bits per heavy atom. The van der Waals surface area contributed by atoms with E-state index in [0.717, 1.165) is 5.56 Å². The number of anilines is 2. The predicted octanol–water partition coefficient (Wildman–Crippen LogP) is 3.84. The molecule has 0 heterocycles. The highest BCUT2D eigenvalue weighted by Gasteiger charge is 2.16. The van der Waals surface area contributed by atoms with Gasteiger partial charge in [-0.3, -0.25) is 0 Å². The van der Waals surface area contributed by atoms with Crippen molar-refractivity contribution in [2.24, 2.45) is 0 Å². The van der Waals surface area contributed by atoms with E-state index in [1.54, 1.807) is 24.1 Å². The van der Waals surface area contributed by atoms with E-state index >= 15 is 0 Å². The highest BCUT2D eigenvalue weighted by atomic mass is 19.3. The highest BCUT2D eigenvalue weighted by Crippen LogP contribution is 2.31. The van der Waals surface area contributed by atoms with Crippen molar-refractivity contribution in [2.75, 3.05) is 17.7 Å². The van der Waals surface area contributed by atoms with Crippen LogP contribution in [0.2, 0.25) is 0 Å². The molecule has 2 N–H and O–H groups in total. The largest absolute Gasteiger partial charge is 0.399 e. The molecule has 2 aromatic carbocycles. The minimum atomic E-state index is -2.53. The first-order chi connectivity index (χ1) is 9.08. The number of halogens is 2. The molecule has 0 atom stereocenters. The SMILES string of the molecule is CN(Cc1ccccc1)c1ccc(N)cc1C(F)F. The summed E-state index contributed by atoms with van der Waals surface area (Å²) in [5.41, 5.74) is 7.47. The van der Waals surface area contributed by atoms with Crippen LogP contribution in [0, 0.1) is 0 Å². The second-order valence-electron chi connectivity index (χ2n) is 4.46. The first kappa shape index (κ1) is 13.3. The Balaban J connectivity index is 2.26. The second kappa shape index (κ2) is 5.69. The van der Waals surface area contributed by atoms with Crippen molar-refractivity contribution >= 4 is 11.4 Å². The second-order valence-corrected chi connectivity index (χ2v) is 4.46. The number of nitrogens with two attached hydrogens (primary N) is 1. The van der Waals surface area contributed by atoms with E-state index in [1.807, 2.05) is 30.3 Å². The molecule has 19 heavy (non-hydrogen) atoms. The zero-order valence-electron chi connectivity index (χ0n) is 10.7. The zero-order valence-corrected chi connectivity index (χ0v) is 10.7. The van der Waals surface area contributed by atoms with Gasteiger partial charge < -0.3 is 10.6 Å². The molecule has 0 aromatic heterocycles. The summed E-state index contributed by atoms with van der Waals surface area (Å²) in [5.74, 6) is 0. The van der Waals surface area contributed by atoms with Gasteiger partial charge in [0.15, 0.2) is 0 Å². The van der Waals surface area contributed by atoms with Gasteiger partial charge in [-0.25, -0.2) is 8.78 Å². The van der Waals surface area contributed by atoms with Crippen molar-refractivity contribution in [1.29, 1.82) is 0 Å². The van der Waals surface area contributed by atoms with Crippen LogP contribution in [-0.4, -0.2) is 7.05 Å². The lowest BCUT2D eigenvalue weighted by Crippen LogP contribution is -2.18. The van der Waals surface area contributed by atoms with Crippen LogP contribution >= 0.6 is 0 Å². The van der Waals surface area contributed by atoms with Gasteiger partial charge >= 0.3 is 0 Å². The van der Waals surface area contributed by atoms with Crippen LogP contribution in [0.3, 0.4) is 0 Å². The van der Waals surface area contributed by atoms with E-state index in [4.69, 9.17) is 5.73 Å². The topological polar surface area (TPSA) is 29.3 Å². The number of benzene rings is 2. The molecule has 0 unspecified atom stereocenters. The number of hydrogen-bond acceptors (Lipinski definition) is 2. The fourth-order valence-corrected chi connectivity index (χ4v) is 2.04. The predicted molar refractivity (Wildman–Crippen MR) is 74.4 cm³/mol. The quantitative estimate of drug-likeness (QED) is 0.848. The molecule has 100 valence electrons. The Morgan fingerprint density at radius 1 is 1.11 bits per heavy atom. The summed E-state index contributed by atoms with van der Waals surface area (Å²) < 4.78 is 26.0. The van der Waals surface area contributed by atoms with Crippen molar-refractivity contribution in [3.8, 4) is 0 Å². The van der Waals surface area contributed by atoms with Gasteiger partial charge in [-0.2, -0.15) is 0 Å². The molecule has 0 saturated carbocycles. The lowest BCUT2D eigenvalue weighted by Gasteiger charge is -2.22. The summed E-state index contributed by atoms with van der Waals surface area (Å²) in [4.78, 5) is 1.80. The molecule has 0 aliphatic carbocycles. The van der Waals surface area contributed by atoms with E-state index in [2.05, 4.69) is 0 Å². The van der Waals surface area contributed by atoms with Crippen LogP contribution in [0.5, 0.6) is 0 Å². The van der Waals surface area contributed by atoms with Crippen molar-refractivity contribution < 1.29 is 8.78 Å². The minimum Gasteiger partial charge on any atom is -0.399 e. The number of alkyl halides is 2. The standard InChI is InChI=1S/C15H16F2N2/c1-19(10-11-5-3-2-4-6-11)14-8-7-12(18)9-13(14)15(16)17/h2-9,15H,10,18H2,1H3. The van der Waals surface area contributed by atoms with Gasteiger partial charge in [-0.1, -0.05) is 30.3 Å². The summed E-state index contributed by atoms with van der Waals surface area (Å²) in [6.07, 6.45) is -2.53. The van der Waals surface area contributed by atoms with Crippen LogP contribution in [0.1, 0.15) is 17.6 Å². The Kier molecular flexibility index (Phi) is 4.00. The van der Waals surface area contributed by atoms with Crippen molar-refractivity contribution in [1.82, 2.24) is 0 Å². The lowest BCUT2D eigenvalue weighted by atomic mass is 10.1. The number of rotatable bonds is 4. The minimum absolute atomic E-state index is 0.0292. The van der Waals surface area contributed by atoms with E-state index in [-0.39, 0.29) is 5.56 Å². The molecule has 0 saturated heterocycles. The third-order valence-corrected chi connectivity index (χ3v) is 2.96. The van der Waals surface area contributed by atoms with Crippen LogP contribution in [0.4, 0.5) is 20.2 Å². The Bertz CT molecular complexity index is 541. The van der Waals surface area contributed by atoms with Crippen LogP contribution in [0.15, 0.2) is 48.5 Å². The van der Waals surface area contributed by atoms with E-state index in [1.165, 1.54) is 6.07 Å². The molecule has 0 spiro atoms. The van der Waals surface area contributed by atoms with Crippen LogP contribution in [-0.2, 0) is 6.54 Å². The Labute approximate surface area is 111 Å². The van der Waals surface area contributed by atoms with Gasteiger partial charge in [-0.15, -0.1) is 0 Å². The highest BCUT2D eigenvalue weighted by molar-refractivity contribution is 5.60. The molecule has 0 bridgehead atoms. The number of nitrogens with zero attached hydrogens (tertiary/aromatic N) is 1. The van der Waals surface area contributed by atoms with E-state index in [9.17, 15) is 8.78 Å². The summed E-state index contributed by atoms with van der Waals surface area (Å²) in [6.45, 7) is 0.574. The maximum Gasteiger partial charge on any atom is 0.265 e. The van der Waals surface area contributed by atoms with Gasteiger partial charge in [0.2, 0.25) is 0 Å². The summed E-state index contributed by atoms with van der Waals surface area (Å²) in [7, 11) is 1.80. The molecule has 2 nitrogen and oxygen atoms in total. The molecule has 0 aliphatic rings. The zero-order chi connectivity index (χ0) is 13.8. The first-order valence-electron chi connectivity index (χ1n) is 6.00. The van der Waals surface area contributed by atoms with Crippen LogP contribution < -0.4 is 10.6 Å². The Morgan fingerprint density at radius 3 is 2.42 bits per heavy atom. The number of hydrogen-bond donors (Lipinski definition) is 1. The van der Waals surface area contributed by atoms with Crippen molar-refractivity contribution in [2.45, 2.75) is 13.0 Å². The van der Waals surface area contributed by atoms with Gasteiger partial charge in [0.1, 0.15) is 0 Å². The molecule has 0 fully saturated rings. The molecular weight excluding hydrogens is 246 g/mol. The first-order valence-corrected chi connectivity index (χ1v) is 6.00. The van der Waals surface area contributed by atoms with Gasteiger partial charge in [0, 0.05) is 30.5 Å². The molecule has 0 radical (unpaired) electrons. The van der Waals surface area contributed by atoms with Gasteiger partial charge in [0.05, 0.1) is 0 Å².